The number of aryl methyl sites for hydroxylation is 1. The molecule has 0 saturated heterocycles. The van der Waals surface area contributed by atoms with Gasteiger partial charge in [-0.15, -0.1) is 0 Å². The van der Waals surface area contributed by atoms with Crippen molar-refractivity contribution in [2.75, 3.05) is 11.9 Å². The molecule has 3 rings (SSSR count). The lowest BCUT2D eigenvalue weighted by molar-refractivity contribution is 0.166. The van der Waals surface area contributed by atoms with Gasteiger partial charge in [-0.1, -0.05) is 11.2 Å². The Morgan fingerprint density at radius 1 is 1.27 bits per heavy atom. The Hall–Kier alpha value is -1.70. The number of rotatable bonds is 3. The van der Waals surface area contributed by atoms with Crippen molar-refractivity contribution >= 4 is 40.2 Å². The van der Waals surface area contributed by atoms with Crippen LogP contribution in [-0.4, -0.2) is 12.8 Å². The topological polar surface area (TPSA) is 33.6 Å². The van der Waals surface area contributed by atoms with Crippen molar-refractivity contribution in [2.45, 2.75) is 12.8 Å². The van der Waals surface area contributed by atoms with Crippen molar-refractivity contribution in [3.05, 3.63) is 56.7 Å². The summed E-state index contributed by atoms with van der Waals surface area (Å²) >= 11 is 2.21. The van der Waals surface area contributed by atoms with Gasteiger partial charge in [-0.05, 0) is 64.9 Å². The Labute approximate surface area is 140 Å². The average molecular weight is 414 g/mol. The van der Waals surface area contributed by atoms with Gasteiger partial charge in [-0.25, -0.2) is 8.78 Å². The van der Waals surface area contributed by atoms with E-state index in [0.29, 0.717) is 12.2 Å². The fourth-order valence-corrected chi connectivity index (χ4v) is 3.00. The summed E-state index contributed by atoms with van der Waals surface area (Å²) in [6, 6.07) is 8.42. The van der Waals surface area contributed by atoms with Crippen LogP contribution in [0.4, 0.5) is 20.2 Å². The van der Waals surface area contributed by atoms with Crippen LogP contribution in [0.15, 0.2) is 35.5 Å². The first-order valence-corrected chi connectivity index (χ1v) is 7.80. The van der Waals surface area contributed by atoms with Crippen molar-refractivity contribution in [1.29, 1.82) is 0 Å². The van der Waals surface area contributed by atoms with Gasteiger partial charge in [-0.3, -0.25) is 0 Å². The number of anilines is 2. The van der Waals surface area contributed by atoms with Gasteiger partial charge in [0.15, 0.2) is 11.6 Å². The average Bonchev–Trinajstić information content (AvgIpc) is 3.00. The molecule has 0 radical (unpaired) electrons. The van der Waals surface area contributed by atoms with Crippen LogP contribution in [0.5, 0.6) is 0 Å². The van der Waals surface area contributed by atoms with Crippen LogP contribution in [0.1, 0.15) is 17.0 Å². The number of benzene rings is 2. The third kappa shape index (κ3) is 2.92. The maximum Gasteiger partial charge on any atom is 0.182 e. The zero-order valence-corrected chi connectivity index (χ0v) is 13.9. The van der Waals surface area contributed by atoms with E-state index in [4.69, 9.17) is 4.84 Å². The highest BCUT2D eigenvalue weighted by Crippen LogP contribution is 2.33. The normalized spacial score (nSPS) is 16.6. The molecular formula is C16H13F2IN2O. The molecule has 1 aliphatic heterocycles. The second kappa shape index (κ2) is 6.20. The standard InChI is InChI=1S/C16H13F2IN2O/c1-9-6-11(19)2-5-14(9)21-16-12(10-7-20-22-8-10)3-4-13(17)15(16)18/h2-7,10,21H,8H2,1H3. The van der Waals surface area contributed by atoms with Crippen molar-refractivity contribution in [1.82, 2.24) is 0 Å². The van der Waals surface area contributed by atoms with Gasteiger partial charge in [0.2, 0.25) is 0 Å². The molecule has 6 heteroatoms. The van der Waals surface area contributed by atoms with Crippen LogP contribution in [0.2, 0.25) is 0 Å². The molecule has 22 heavy (non-hydrogen) atoms. The van der Waals surface area contributed by atoms with Crippen molar-refractivity contribution in [3.63, 3.8) is 0 Å². The molecule has 1 heterocycles. The quantitative estimate of drug-likeness (QED) is 0.738. The predicted octanol–water partition coefficient (Wildman–Crippen LogP) is 4.72. The first-order valence-electron chi connectivity index (χ1n) is 6.73. The molecule has 3 nitrogen and oxygen atoms in total. The van der Waals surface area contributed by atoms with Crippen LogP contribution in [-0.2, 0) is 4.84 Å². The summed E-state index contributed by atoms with van der Waals surface area (Å²) in [7, 11) is 0. The monoisotopic (exact) mass is 414 g/mol. The van der Waals surface area contributed by atoms with E-state index in [2.05, 4.69) is 33.1 Å². The molecule has 0 bridgehead atoms. The van der Waals surface area contributed by atoms with Crippen molar-refractivity contribution in [3.8, 4) is 0 Å². The maximum atomic E-state index is 14.3. The van der Waals surface area contributed by atoms with E-state index >= 15 is 0 Å². The molecular weight excluding hydrogens is 401 g/mol. The highest BCUT2D eigenvalue weighted by Gasteiger charge is 2.23. The van der Waals surface area contributed by atoms with E-state index in [0.717, 1.165) is 20.9 Å². The summed E-state index contributed by atoms with van der Waals surface area (Å²) in [5, 5.41) is 6.72. The molecule has 0 aromatic heterocycles. The van der Waals surface area contributed by atoms with Gasteiger partial charge in [-0.2, -0.15) is 0 Å². The minimum Gasteiger partial charge on any atom is -0.395 e. The lowest BCUT2D eigenvalue weighted by Crippen LogP contribution is -2.08. The Morgan fingerprint density at radius 3 is 2.77 bits per heavy atom. The van der Waals surface area contributed by atoms with E-state index in [1.54, 1.807) is 12.3 Å². The molecule has 2 aromatic carbocycles. The van der Waals surface area contributed by atoms with Gasteiger partial charge in [0.05, 0.1) is 17.8 Å². The zero-order chi connectivity index (χ0) is 15.7. The Balaban J connectivity index is 2.04. The molecule has 1 atom stereocenters. The number of hydrogen-bond acceptors (Lipinski definition) is 3. The first kappa shape index (κ1) is 15.2. The van der Waals surface area contributed by atoms with Gasteiger partial charge in [0.1, 0.15) is 6.61 Å². The van der Waals surface area contributed by atoms with E-state index < -0.39 is 11.6 Å². The summed E-state index contributed by atoms with van der Waals surface area (Å²) in [6.07, 6.45) is 1.60. The third-order valence-electron chi connectivity index (χ3n) is 3.54. The molecule has 1 unspecified atom stereocenters. The lowest BCUT2D eigenvalue weighted by atomic mass is 9.98. The summed E-state index contributed by atoms with van der Waals surface area (Å²) in [6.45, 7) is 2.24. The second-order valence-electron chi connectivity index (χ2n) is 5.07. The molecule has 0 amide bonds. The van der Waals surface area contributed by atoms with Gasteiger partial charge in [0.25, 0.3) is 0 Å². The minimum atomic E-state index is -0.893. The predicted molar refractivity (Wildman–Crippen MR) is 90.7 cm³/mol. The van der Waals surface area contributed by atoms with Crippen LogP contribution in [0.25, 0.3) is 0 Å². The Kier molecular flexibility index (Phi) is 4.28. The van der Waals surface area contributed by atoms with E-state index in [9.17, 15) is 8.78 Å². The second-order valence-corrected chi connectivity index (χ2v) is 6.31. The van der Waals surface area contributed by atoms with Crippen LogP contribution < -0.4 is 5.32 Å². The van der Waals surface area contributed by atoms with E-state index in [1.807, 2.05) is 25.1 Å². The third-order valence-corrected chi connectivity index (χ3v) is 4.22. The Morgan fingerprint density at radius 2 is 2.09 bits per heavy atom. The molecule has 1 aliphatic rings. The number of nitrogens with zero attached hydrogens (tertiary/aromatic N) is 1. The number of hydrogen-bond donors (Lipinski definition) is 1. The van der Waals surface area contributed by atoms with Gasteiger partial charge in [0, 0.05) is 9.26 Å². The molecule has 114 valence electrons. The molecule has 1 N–H and O–H groups in total. The minimum absolute atomic E-state index is 0.131. The highest BCUT2D eigenvalue weighted by molar-refractivity contribution is 14.1. The molecule has 0 fully saturated rings. The van der Waals surface area contributed by atoms with Crippen LogP contribution >= 0.6 is 22.6 Å². The summed E-state index contributed by atoms with van der Waals surface area (Å²) in [5.74, 6) is -1.97. The maximum absolute atomic E-state index is 14.3. The fourth-order valence-electron chi connectivity index (χ4n) is 2.36. The fraction of sp³-hybridized carbons (Fsp3) is 0.188. The number of oxime groups is 1. The zero-order valence-electron chi connectivity index (χ0n) is 11.7. The first-order chi connectivity index (χ1) is 10.6. The molecule has 0 spiro atoms. The summed E-state index contributed by atoms with van der Waals surface area (Å²) in [4.78, 5) is 4.95. The smallest absolute Gasteiger partial charge is 0.182 e. The number of halogens is 3. The lowest BCUT2D eigenvalue weighted by Gasteiger charge is -2.17. The summed E-state index contributed by atoms with van der Waals surface area (Å²) in [5.41, 5.74) is 2.45. The van der Waals surface area contributed by atoms with Crippen molar-refractivity contribution in [2.24, 2.45) is 5.16 Å². The number of nitrogens with one attached hydrogen (secondary N) is 1. The van der Waals surface area contributed by atoms with Gasteiger partial charge >= 0.3 is 0 Å². The molecule has 0 saturated carbocycles. The Bertz CT molecular complexity index is 749. The van der Waals surface area contributed by atoms with Crippen molar-refractivity contribution < 1.29 is 13.6 Å². The van der Waals surface area contributed by atoms with Crippen LogP contribution in [0, 0.1) is 22.1 Å². The molecule has 0 aliphatic carbocycles. The highest BCUT2D eigenvalue weighted by atomic mass is 127. The van der Waals surface area contributed by atoms with E-state index in [1.165, 1.54) is 0 Å². The largest absolute Gasteiger partial charge is 0.395 e. The SMILES string of the molecule is Cc1cc(I)ccc1Nc1c(C2C=NOC2)ccc(F)c1F. The molecule has 2 aromatic rings. The van der Waals surface area contributed by atoms with E-state index in [-0.39, 0.29) is 11.6 Å². The van der Waals surface area contributed by atoms with Gasteiger partial charge < -0.3 is 10.2 Å². The summed E-state index contributed by atoms with van der Waals surface area (Å²) < 4.78 is 29.0. The van der Waals surface area contributed by atoms with Crippen LogP contribution in [0.3, 0.4) is 0 Å².